The maximum Gasteiger partial charge on any atom is 0.410 e. The third-order valence-corrected chi connectivity index (χ3v) is 7.15. The van der Waals surface area contributed by atoms with Crippen molar-refractivity contribution in [3.8, 4) is 6.07 Å². The van der Waals surface area contributed by atoms with E-state index in [0.29, 0.717) is 0 Å². The van der Waals surface area contributed by atoms with Gasteiger partial charge >= 0.3 is 6.09 Å². The number of carbonyl (C=O) groups excluding carboxylic acids is 2. The van der Waals surface area contributed by atoms with Crippen LogP contribution in [0.25, 0.3) is 0 Å². The molecule has 0 unspecified atom stereocenters. The molecule has 0 bridgehead atoms. The Hall–Kier alpha value is -2.93. The minimum Gasteiger partial charge on any atom is -0.447 e. The van der Waals surface area contributed by atoms with Crippen LogP contribution in [0, 0.1) is 28.4 Å². The maximum atomic E-state index is 15.5. The number of primary amides is 1. The number of aliphatic hydroxyl groups is 1. The molecule has 1 heterocycles. The second kappa shape index (κ2) is 11.4. The van der Waals surface area contributed by atoms with E-state index in [-0.39, 0.29) is 34.1 Å². The molecule has 204 valence electrons. The molecule has 1 aliphatic rings. The minimum atomic E-state index is -1.77. The molecule has 3 rings (SSSR count). The first-order valence-corrected chi connectivity index (χ1v) is 12.7. The van der Waals surface area contributed by atoms with Gasteiger partial charge < -0.3 is 20.5 Å². The Kier molecular flexibility index (Phi) is 8.92. The number of likely N-dealkylation sites (tertiary alicyclic amines) is 1. The van der Waals surface area contributed by atoms with E-state index in [1.165, 1.54) is 35.2 Å². The summed E-state index contributed by atoms with van der Waals surface area (Å²) in [6, 6.07) is 9.45. The van der Waals surface area contributed by atoms with Crippen molar-refractivity contribution in [3.05, 3.63) is 69.2 Å². The molecule has 7 nitrogen and oxygen atoms in total. The molecule has 3 N–H and O–H groups in total. The number of aliphatic hydroxyl groups excluding tert-OH is 1. The standard InChI is InChI=1S/C27H29Cl2F2N3O4/c1-26(2,3)11-22-27(14-32,18-8-7-15(28)9-21(18)30)19(17-5-4-6-20(29)24(17)31)12-34(22)25(37)38-13-16(35)10-23(33)36/h4-9,16,19,22,35H,10-13H2,1-3H3,(H2,33,36)/t16-,19+,22-,27+/m0/s1. The predicted octanol–water partition coefficient (Wildman–Crippen LogP) is 5.31. The van der Waals surface area contributed by atoms with E-state index < -0.39 is 65.6 Å². The summed E-state index contributed by atoms with van der Waals surface area (Å²) < 4.78 is 36.2. The van der Waals surface area contributed by atoms with Crippen LogP contribution in [-0.4, -0.2) is 47.3 Å². The second-order valence-corrected chi connectivity index (χ2v) is 11.5. The highest BCUT2D eigenvalue weighted by Gasteiger charge is 2.60. The Bertz CT molecular complexity index is 1260. The molecule has 38 heavy (non-hydrogen) atoms. The number of halogens is 4. The number of rotatable bonds is 7. The lowest BCUT2D eigenvalue weighted by atomic mass is 9.64. The Labute approximate surface area is 230 Å². The van der Waals surface area contributed by atoms with Crippen LogP contribution in [0.2, 0.25) is 10.0 Å². The normalized spacial score (nSPS) is 22.1. The average Bonchev–Trinajstić information content (AvgIpc) is 3.12. The summed E-state index contributed by atoms with van der Waals surface area (Å²) in [4.78, 5) is 25.7. The molecule has 0 aromatic heterocycles. The van der Waals surface area contributed by atoms with Gasteiger partial charge in [-0.3, -0.25) is 4.79 Å². The molecule has 4 atom stereocenters. The van der Waals surface area contributed by atoms with Gasteiger partial charge in [0.1, 0.15) is 23.7 Å². The Morgan fingerprint density at radius 3 is 2.55 bits per heavy atom. The van der Waals surface area contributed by atoms with E-state index in [0.717, 1.165) is 6.07 Å². The van der Waals surface area contributed by atoms with E-state index in [9.17, 15) is 20.0 Å². The fourth-order valence-electron chi connectivity index (χ4n) is 5.08. The molecule has 2 amide bonds. The van der Waals surface area contributed by atoms with Gasteiger partial charge in [-0.25, -0.2) is 13.6 Å². The fraction of sp³-hybridized carbons (Fsp3) is 0.444. The van der Waals surface area contributed by atoms with Crippen LogP contribution >= 0.6 is 23.2 Å². The Morgan fingerprint density at radius 1 is 1.29 bits per heavy atom. The van der Waals surface area contributed by atoms with Crippen molar-refractivity contribution in [2.45, 2.75) is 57.1 Å². The van der Waals surface area contributed by atoms with E-state index in [1.807, 2.05) is 20.8 Å². The van der Waals surface area contributed by atoms with Crippen molar-refractivity contribution in [3.63, 3.8) is 0 Å². The first-order valence-electron chi connectivity index (χ1n) is 11.9. The summed E-state index contributed by atoms with van der Waals surface area (Å²) in [5.74, 6) is -3.39. The van der Waals surface area contributed by atoms with Crippen molar-refractivity contribution < 1.29 is 28.2 Å². The summed E-state index contributed by atoms with van der Waals surface area (Å²) in [6.07, 6.45) is -2.47. The van der Waals surface area contributed by atoms with E-state index >= 15 is 8.78 Å². The van der Waals surface area contributed by atoms with Crippen LogP contribution in [0.15, 0.2) is 36.4 Å². The summed E-state index contributed by atoms with van der Waals surface area (Å²) >= 11 is 12.1. The van der Waals surface area contributed by atoms with E-state index in [4.69, 9.17) is 33.7 Å². The molecule has 1 fully saturated rings. The maximum absolute atomic E-state index is 15.5. The highest BCUT2D eigenvalue weighted by molar-refractivity contribution is 6.31. The summed E-state index contributed by atoms with van der Waals surface area (Å²) in [5, 5.41) is 20.7. The monoisotopic (exact) mass is 567 g/mol. The van der Waals surface area contributed by atoms with Crippen LogP contribution in [0.5, 0.6) is 0 Å². The zero-order valence-corrected chi connectivity index (χ0v) is 22.7. The van der Waals surface area contributed by atoms with Crippen molar-refractivity contribution in [2.75, 3.05) is 13.2 Å². The van der Waals surface area contributed by atoms with Gasteiger partial charge in [0.15, 0.2) is 0 Å². The minimum absolute atomic E-state index is 0.0383. The number of benzene rings is 2. The molecule has 0 saturated carbocycles. The number of carbonyl (C=O) groups is 2. The van der Waals surface area contributed by atoms with Crippen LogP contribution in [0.3, 0.4) is 0 Å². The average molecular weight is 568 g/mol. The quantitative estimate of drug-likeness (QED) is 0.470. The predicted molar refractivity (Wildman–Crippen MR) is 139 cm³/mol. The third kappa shape index (κ3) is 6.04. The molecule has 1 saturated heterocycles. The topological polar surface area (TPSA) is 117 Å². The zero-order chi connectivity index (χ0) is 28.4. The number of ether oxygens (including phenoxy) is 1. The lowest BCUT2D eigenvalue weighted by Gasteiger charge is -2.39. The summed E-state index contributed by atoms with van der Waals surface area (Å²) in [6.45, 7) is 4.92. The van der Waals surface area contributed by atoms with Crippen LogP contribution in [0.1, 0.15) is 50.7 Å². The lowest BCUT2D eigenvalue weighted by Crippen LogP contribution is -2.48. The van der Waals surface area contributed by atoms with Gasteiger partial charge in [0.05, 0.1) is 29.7 Å². The molecule has 2 aromatic rings. The number of nitriles is 1. The number of hydrogen-bond acceptors (Lipinski definition) is 5. The molecule has 11 heteroatoms. The van der Waals surface area contributed by atoms with Gasteiger partial charge in [-0.1, -0.05) is 62.2 Å². The molecule has 0 radical (unpaired) electrons. The fourth-order valence-corrected chi connectivity index (χ4v) is 5.42. The van der Waals surface area contributed by atoms with Gasteiger partial charge in [0, 0.05) is 23.0 Å². The molecular weight excluding hydrogens is 539 g/mol. The van der Waals surface area contributed by atoms with Gasteiger partial charge in [0.2, 0.25) is 5.91 Å². The van der Waals surface area contributed by atoms with Gasteiger partial charge in [-0.2, -0.15) is 5.26 Å². The molecule has 2 aromatic carbocycles. The van der Waals surface area contributed by atoms with E-state index in [1.54, 1.807) is 0 Å². The number of nitrogens with zero attached hydrogens (tertiary/aromatic N) is 2. The van der Waals surface area contributed by atoms with Gasteiger partial charge in [0.25, 0.3) is 0 Å². The number of nitrogens with two attached hydrogens (primary N) is 1. The Balaban J connectivity index is 2.21. The van der Waals surface area contributed by atoms with Crippen LogP contribution < -0.4 is 5.73 Å². The van der Waals surface area contributed by atoms with Crippen LogP contribution in [-0.2, 0) is 14.9 Å². The first kappa shape index (κ1) is 29.6. The zero-order valence-electron chi connectivity index (χ0n) is 21.2. The van der Waals surface area contributed by atoms with Crippen molar-refractivity contribution in [1.29, 1.82) is 5.26 Å². The second-order valence-electron chi connectivity index (χ2n) is 10.6. The molecular formula is C27H29Cl2F2N3O4. The SMILES string of the molecule is CC(C)(C)C[C@@H]1N(C(=O)OC[C@@H](O)CC(N)=O)C[C@H](c2cccc(Cl)c2F)[C@@]1(C#N)c1ccc(Cl)cc1F. The molecule has 1 aliphatic heterocycles. The third-order valence-electron chi connectivity index (χ3n) is 6.63. The summed E-state index contributed by atoms with van der Waals surface area (Å²) in [5.41, 5.74) is 2.84. The largest absolute Gasteiger partial charge is 0.447 e. The first-order chi connectivity index (χ1) is 17.7. The highest BCUT2D eigenvalue weighted by Crippen LogP contribution is 2.53. The van der Waals surface area contributed by atoms with Crippen molar-refractivity contribution in [2.24, 2.45) is 11.1 Å². The van der Waals surface area contributed by atoms with E-state index in [2.05, 4.69) is 6.07 Å². The molecule has 0 aliphatic carbocycles. The van der Waals surface area contributed by atoms with Gasteiger partial charge in [-0.05, 0) is 35.6 Å². The van der Waals surface area contributed by atoms with Gasteiger partial charge in [-0.15, -0.1) is 0 Å². The highest BCUT2D eigenvalue weighted by atomic mass is 35.5. The number of amides is 2. The summed E-state index contributed by atoms with van der Waals surface area (Å²) in [7, 11) is 0. The van der Waals surface area contributed by atoms with Crippen molar-refractivity contribution >= 4 is 35.2 Å². The van der Waals surface area contributed by atoms with Crippen molar-refractivity contribution in [1.82, 2.24) is 4.90 Å². The number of hydrogen-bond donors (Lipinski definition) is 2. The lowest BCUT2D eigenvalue weighted by molar-refractivity contribution is -0.120. The molecule has 0 spiro atoms. The Morgan fingerprint density at radius 2 is 1.97 bits per heavy atom. The smallest absolute Gasteiger partial charge is 0.410 e. The van der Waals surface area contributed by atoms with Crippen LogP contribution in [0.4, 0.5) is 13.6 Å².